The first-order valence-electron chi connectivity index (χ1n) is 5.69. The number of nitrogens with one attached hydrogen (secondary N) is 1. The zero-order chi connectivity index (χ0) is 13.8. The second-order valence-electron chi connectivity index (χ2n) is 4.23. The summed E-state index contributed by atoms with van der Waals surface area (Å²) in [4.78, 5) is 0. The minimum atomic E-state index is -3.09. The van der Waals surface area contributed by atoms with Crippen LogP contribution in [0.15, 0.2) is 18.2 Å². The largest absolute Gasteiger partial charge is 0.310 e. The molecule has 1 N–H and O–H groups in total. The number of rotatable bonds is 6. The van der Waals surface area contributed by atoms with E-state index >= 15 is 0 Å². The third-order valence-corrected chi connectivity index (χ3v) is 3.49. The number of hydrogen-bond acceptors (Lipinski definition) is 3. The molecule has 0 saturated carbocycles. The Balaban J connectivity index is 2.89. The molecule has 0 saturated heterocycles. The highest BCUT2D eigenvalue weighted by Gasteiger charge is 2.15. The number of hydrogen-bond donors (Lipinski definition) is 1. The summed E-state index contributed by atoms with van der Waals surface area (Å²) in [5.41, 5.74) is 0.429. The van der Waals surface area contributed by atoms with Gasteiger partial charge in [-0.2, -0.15) is 0 Å². The molecular formula is C12H17F2NO2S. The van der Waals surface area contributed by atoms with Crippen LogP contribution in [0.25, 0.3) is 0 Å². The van der Waals surface area contributed by atoms with Gasteiger partial charge >= 0.3 is 0 Å². The van der Waals surface area contributed by atoms with Gasteiger partial charge in [0.2, 0.25) is 0 Å². The second-order valence-corrected chi connectivity index (χ2v) is 6.49. The molecule has 0 heterocycles. The van der Waals surface area contributed by atoms with E-state index in [4.69, 9.17) is 0 Å². The van der Waals surface area contributed by atoms with Gasteiger partial charge in [-0.05, 0) is 30.7 Å². The van der Waals surface area contributed by atoms with E-state index < -0.39 is 21.5 Å². The van der Waals surface area contributed by atoms with Crippen LogP contribution in [0.1, 0.15) is 24.9 Å². The van der Waals surface area contributed by atoms with Crippen LogP contribution in [0.3, 0.4) is 0 Å². The van der Waals surface area contributed by atoms with Crippen LogP contribution < -0.4 is 5.32 Å². The molecular weight excluding hydrogens is 260 g/mol. The standard InChI is InChI=1S/C12H17F2NO2S/c1-3-15-12(4-5-18(2,16)17)9-6-10(13)8-11(14)7-9/h6-8,12,15H,3-5H2,1-2H3. The SMILES string of the molecule is CCNC(CCS(C)(=O)=O)c1cc(F)cc(F)c1. The van der Waals surface area contributed by atoms with Crippen LogP contribution in [0.5, 0.6) is 0 Å². The molecule has 0 aliphatic heterocycles. The average Bonchev–Trinajstić information content (AvgIpc) is 2.21. The predicted molar refractivity (Wildman–Crippen MR) is 67.1 cm³/mol. The molecule has 102 valence electrons. The lowest BCUT2D eigenvalue weighted by molar-refractivity contribution is 0.516. The zero-order valence-corrected chi connectivity index (χ0v) is 11.2. The monoisotopic (exact) mass is 277 g/mol. The molecule has 0 amide bonds. The molecule has 0 fully saturated rings. The number of sulfone groups is 1. The van der Waals surface area contributed by atoms with E-state index in [2.05, 4.69) is 5.32 Å². The average molecular weight is 277 g/mol. The molecule has 1 atom stereocenters. The molecule has 6 heteroatoms. The molecule has 1 aromatic carbocycles. The van der Waals surface area contributed by atoms with Crippen LogP contribution in [-0.2, 0) is 9.84 Å². The molecule has 0 radical (unpaired) electrons. The normalized spacial score (nSPS) is 13.6. The summed E-state index contributed by atoms with van der Waals surface area (Å²) < 4.78 is 48.5. The van der Waals surface area contributed by atoms with Crippen molar-refractivity contribution in [2.45, 2.75) is 19.4 Å². The summed E-state index contributed by atoms with van der Waals surface area (Å²) in [6.07, 6.45) is 1.43. The topological polar surface area (TPSA) is 46.2 Å². The lowest BCUT2D eigenvalue weighted by Gasteiger charge is -2.18. The first-order valence-corrected chi connectivity index (χ1v) is 7.75. The van der Waals surface area contributed by atoms with Crippen LogP contribution >= 0.6 is 0 Å². The van der Waals surface area contributed by atoms with E-state index in [0.717, 1.165) is 12.3 Å². The highest BCUT2D eigenvalue weighted by Crippen LogP contribution is 2.20. The molecule has 0 bridgehead atoms. The summed E-state index contributed by atoms with van der Waals surface area (Å²) in [5, 5.41) is 3.03. The van der Waals surface area contributed by atoms with E-state index in [1.807, 2.05) is 6.92 Å². The fraction of sp³-hybridized carbons (Fsp3) is 0.500. The molecule has 0 aliphatic rings. The van der Waals surface area contributed by atoms with Crippen molar-refractivity contribution in [3.05, 3.63) is 35.4 Å². The maximum atomic E-state index is 13.1. The van der Waals surface area contributed by atoms with Crippen LogP contribution in [0.2, 0.25) is 0 Å². The Kier molecular flexibility index (Phi) is 5.22. The highest BCUT2D eigenvalue weighted by molar-refractivity contribution is 7.90. The summed E-state index contributed by atoms with van der Waals surface area (Å²) in [6, 6.07) is 2.87. The van der Waals surface area contributed by atoms with Crippen LogP contribution in [0.4, 0.5) is 8.78 Å². The lowest BCUT2D eigenvalue weighted by Crippen LogP contribution is -2.23. The molecule has 3 nitrogen and oxygen atoms in total. The van der Waals surface area contributed by atoms with Gasteiger partial charge in [0.15, 0.2) is 0 Å². The molecule has 0 aliphatic carbocycles. The van der Waals surface area contributed by atoms with Gasteiger partial charge in [0.1, 0.15) is 21.5 Å². The first-order chi connectivity index (χ1) is 8.31. The van der Waals surface area contributed by atoms with Crippen molar-refractivity contribution in [1.29, 1.82) is 0 Å². The Morgan fingerprint density at radius 2 is 1.78 bits per heavy atom. The minimum Gasteiger partial charge on any atom is -0.310 e. The Bertz CT molecular complexity index is 483. The van der Waals surface area contributed by atoms with Crippen molar-refractivity contribution in [1.82, 2.24) is 5.32 Å². The van der Waals surface area contributed by atoms with Crippen molar-refractivity contribution in [3.8, 4) is 0 Å². The molecule has 18 heavy (non-hydrogen) atoms. The third-order valence-electron chi connectivity index (χ3n) is 2.52. The van der Waals surface area contributed by atoms with Crippen LogP contribution in [-0.4, -0.2) is 27.0 Å². The lowest BCUT2D eigenvalue weighted by atomic mass is 10.0. The minimum absolute atomic E-state index is 0.0250. The fourth-order valence-electron chi connectivity index (χ4n) is 1.74. The van der Waals surface area contributed by atoms with Crippen molar-refractivity contribution in [2.75, 3.05) is 18.6 Å². The molecule has 0 aromatic heterocycles. The Morgan fingerprint density at radius 3 is 2.22 bits per heavy atom. The Labute approximate surface area is 106 Å². The summed E-state index contributed by atoms with van der Waals surface area (Å²) in [7, 11) is -3.09. The van der Waals surface area contributed by atoms with E-state index in [-0.39, 0.29) is 18.2 Å². The Morgan fingerprint density at radius 1 is 1.22 bits per heavy atom. The van der Waals surface area contributed by atoms with E-state index in [0.29, 0.717) is 12.1 Å². The van der Waals surface area contributed by atoms with Crippen molar-refractivity contribution >= 4 is 9.84 Å². The van der Waals surface area contributed by atoms with Gasteiger partial charge in [0.05, 0.1) is 5.75 Å². The maximum absolute atomic E-state index is 13.1. The van der Waals surface area contributed by atoms with E-state index in [9.17, 15) is 17.2 Å². The first kappa shape index (κ1) is 15.0. The van der Waals surface area contributed by atoms with Crippen LogP contribution in [0, 0.1) is 11.6 Å². The maximum Gasteiger partial charge on any atom is 0.147 e. The van der Waals surface area contributed by atoms with Gasteiger partial charge in [-0.3, -0.25) is 0 Å². The summed E-state index contributed by atoms with van der Waals surface area (Å²) in [6.45, 7) is 2.44. The van der Waals surface area contributed by atoms with Gasteiger partial charge < -0.3 is 5.32 Å². The molecule has 1 unspecified atom stereocenters. The van der Waals surface area contributed by atoms with Gasteiger partial charge in [0.25, 0.3) is 0 Å². The number of halogens is 2. The van der Waals surface area contributed by atoms with Gasteiger partial charge in [-0.15, -0.1) is 0 Å². The smallest absolute Gasteiger partial charge is 0.147 e. The second kappa shape index (κ2) is 6.24. The quantitative estimate of drug-likeness (QED) is 0.865. The van der Waals surface area contributed by atoms with Gasteiger partial charge in [-0.25, -0.2) is 17.2 Å². The van der Waals surface area contributed by atoms with E-state index in [1.54, 1.807) is 0 Å². The number of benzene rings is 1. The van der Waals surface area contributed by atoms with Gasteiger partial charge in [0, 0.05) is 18.4 Å². The summed E-state index contributed by atoms with van der Waals surface area (Å²) >= 11 is 0. The van der Waals surface area contributed by atoms with Crippen molar-refractivity contribution in [3.63, 3.8) is 0 Å². The highest BCUT2D eigenvalue weighted by atomic mass is 32.2. The predicted octanol–water partition coefficient (Wildman–Crippen LogP) is 2.05. The molecule has 1 aromatic rings. The van der Waals surface area contributed by atoms with Gasteiger partial charge in [-0.1, -0.05) is 6.92 Å². The molecule has 1 rings (SSSR count). The van der Waals surface area contributed by atoms with Crippen molar-refractivity contribution in [2.24, 2.45) is 0 Å². The van der Waals surface area contributed by atoms with E-state index in [1.165, 1.54) is 12.1 Å². The molecule has 0 spiro atoms. The van der Waals surface area contributed by atoms with Crippen molar-refractivity contribution < 1.29 is 17.2 Å². The third kappa shape index (κ3) is 5.10. The fourth-order valence-corrected chi connectivity index (χ4v) is 2.41. The summed E-state index contributed by atoms with van der Waals surface area (Å²) in [5.74, 6) is -1.34. The zero-order valence-electron chi connectivity index (χ0n) is 10.4. The Hall–Kier alpha value is -1.01.